The fourth-order valence-corrected chi connectivity index (χ4v) is 2.20. The van der Waals surface area contributed by atoms with Crippen molar-refractivity contribution in [1.29, 1.82) is 0 Å². The Morgan fingerprint density at radius 2 is 1.89 bits per heavy atom. The molecule has 0 atom stereocenters. The molecule has 0 saturated carbocycles. The van der Waals surface area contributed by atoms with Gasteiger partial charge in [-0.05, 0) is 18.2 Å². The predicted octanol–water partition coefficient (Wildman–Crippen LogP) is 1.17. The van der Waals surface area contributed by atoms with E-state index in [2.05, 4.69) is 0 Å². The molecule has 1 aromatic rings. The van der Waals surface area contributed by atoms with E-state index in [9.17, 15) is 18.0 Å². The van der Waals surface area contributed by atoms with E-state index in [0.717, 1.165) is 18.2 Å². The topological polar surface area (TPSA) is 118 Å². The number of aromatic carboxylic acids is 1. The normalized spacial score (nSPS) is 11.0. The molecule has 0 aliphatic carbocycles. The molecule has 7 nitrogen and oxygen atoms in total. The number of halogens is 1. The first-order valence-electron chi connectivity index (χ1n) is 4.88. The number of carboxylic acid groups (broad SMARTS) is 2. The quantitative estimate of drug-likeness (QED) is 0.757. The highest BCUT2D eigenvalue weighted by molar-refractivity contribution is 8.13. The molecule has 0 radical (unpaired) electrons. The van der Waals surface area contributed by atoms with Crippen molar-refractivity contribution in [2.75, 3.05) is 6.61 Å². The lowest BCUT2D eigenvalue weighted by Gasteiger charge is -2.09. The van der Waals surface area contributed by atoms with Gasteiger partial charge in [-0.1, -0.05) is 0 Å². The number of benzene rings is 1. The Balaban J connectivity index is 3.10. The maximum atomic E-state index is 11.3. The molecule has 0 bridgehead atoms. The maximum Gasteiger partial charge on any atom is 0.335 e. The largest absolute Gasteiger partial charge is 0.492 e. The van der Waals surface area contributed by atoms with E-state index < -0.39 is 25.9 Å². The smallest absolute Gasteiger partial charge is 0.335 e. The molecule has 0 aliphatic rings. The Morgan fingerprint density at radius 1 is 1.26 bits per heavy atom. The summed E-state index contributed by atoms with van der Waals surface area (Å²) in [6, 6.07) is 3.09. The van der Waals surface area contributed by atoms with Crippen molar-refractivity contribution in [2.45, 2.75) is 11.3 Å². The molecule has 0 amide bonds. The predicted molar refractivity (Wildman–Crippen MR) is 64.2 cm³/mol. The van der Waals surface area contributed by atoms with Crippen molar-refractivity contribution >= 4 is 31.7 Å². The molecule has 0 aromatic heterocycles. The lowest BCUT2D eigenvalue weighted by Crippen LogP contribution is -2.08. The van der Waals surface area contributed by atoms with Crippen molar-refractivity contribution in [3.05, 3.63) is 23.8 Å². The molecule has 1 aromatic carbocycles. The third-order valence-electron chi connectivity index (χ3n) is 2.03. The molecule has 0 aliphatic heterocycles. The van der Waals surface area contributed by atoms with Crippen LogP contribution in [0.4, 0.5) is 0 Å². The first kappa shape index (κ1) is 15.3. The summed E-state index contributed by atoms with van der Waals surface area (Å²) in [6.07, 6.45) is -0.331. The van der Waals surface area contributed by atoms with Gasteiger partial charge in [-0.2, -0.15) is 0 Å². The van der Waals surface area contributed by atoms with Gasteiger partial charge in [-0.25, -0.2) is 13.2 Å². The van der Waals surface area contributed by atoms with Gasteiger partial charge in [0.25, 0.3) is 9.05 Å². The third-order valence-corrected chi connectivity index (χ3v) is 3.37. The van der Waals surface area contributed by atoms with Crippen molar-refractivity contribution in [3.8, 4) is 5.75 Å². The number of hydrogen-bond acceptors (Lipinski definition) is 5. The number of carboxylic acids is 2. The van der Waals surface area contributed by atoms with Crippen LogP contribution in [-0.4, -0.2) is 37.2 Å². The van der Waals surface area contributed by atoms with Crippen LogP contribution in [-0.2, 0) is 13.8 Å². The summed E-state index contributed by atoms with van der Waals surface area (Å²) in [5.41, 5.74) is -0.273. The summed E-state index contributed by atoms with van der Waals surface area (Å²) in [7, 11) is 0.961. The molecular formula is C10H9ClO7S. The number of aliphatic carboxylic acids is 1. The van der Waals surface area contributed by atoms with Crippen LogP contribution in [0.5, 0.6) is 5.75 Å². The van der Waals surface area contributed by atoms with Gasteiger partial charge in [0, 0.05) is 10.7 Å². The second-order valence-corrected chi connectivity index (χ2v) is 5.93. The van der Waals surface area contributed by atoms with Crippen LogP contribution in [0.3, 0.4) is 0 Å². The highest BCUT2D eigenvalue weighted by atomic mass is 35.7. The molecule has 0 saturated heterocycles. The van der Waals surface area contributed by atoms with Gasteiger partial charge in [0.15, 0.2) is 0 Å². The zero-order chi connectivity index (χ0) is 14.6. The second kappa shape index (κ2) is 5.89. The fraction of sp³-hybridized carbons (Fsp3) is 0.200. The Bertz CT molecular complexity index is 608. The molecule has 19 heavy (non-hydrogen) atoms. The van der Waals surface area contributed by atoms with Gasteiger partial charge in [0.1, 0.15) is 10.6 Å². The minimum atomic E-state index is -4.20. The highest BCUT2D eigenvalue weighted by Crippen LogP contribution is 2.28. The van der Waals surface area contributed by atoms with Crippen LogP contribution in [0.15, 0.2) is 23.1 Å². The molecule has 0 fully saturated rings. The number of ether oxygens (including phenoxy) is 1. The van der Waals surface area contributed by atoms with Gasteiger partial charge in [-0.15, -0.1) is 0 Å². The minimum absolute atomic E-state index is 0.193. The molecule has 1 rings (SSSR count). The van der Waals surface area contributed by atoms with Crippen molar-refractivity contribution < 1.29 is 33.0 Å². The van der Waals surface area contributed by atoms with Crippen LogP contribution < -0.4 is 4.74 Å². The van der Waals surface area contributed by atoms with Crippen LogP contribution in [0.2, 0.25) is 0 Å². The number of hydrogen-bond donors (Lipinski definition) is 2. The lowest BCUT2D eigenvalue weighted by atomic mass is 10.2. The van der Waals surface area contributed by atoms with Crippen molar-refractivity contribution in [2.24, 2.45) is 0 Å². The fourth-order valence-electron chi connectivity index (χ4n) is 1.20. The Kier molecular flexibility index (Phi) is 4.73. The maximum absolute atomic E-state index is 11.3. The average molecular weight is 309 g/mol. The summed E-state index contributed by atoms with van der Waals surface area (Å²) in [4.78, 5) is 20.5. The van der Waals surface area contributed by atoms with Crippen LogP contribution >= 0.6 is 10.7 Å². The standard InChI is InChI=1S/C10H9ClO7S/c11-19(16,17)8-5-6(10(14)15)1-2-7(8)18-4-3-9(12)13/h1-2,5H,3-4H2,(H,12,13)(H,14,15). The number of rotatable bonds is 6. The van der Waals surface area contributed by atoms with Crippen LogP contribution in [0.1, 0.15) is 16.8 Å². The highest BCUT2D eigenvalue weighted by Gasteiger charge is 2.19. The first-order valence-corrected chi connectivity index (χ1v) is 7.19. The number of carbonyl (C=O) groups is 2. The SMILES string of the molecule is O=C(O)CCOc1ccc(C(=O)O)cc1S(=O)(=O)Cl. The van der Waals surface area contributed by atoms with E-state index in [1.165, 1.54) is 0 Å². The van der Waals surface area contributed by atoms with Crippen molar-refractivity contribution in [1.82, 2.24) is 0 Å². The summed E-state index contributed by atoms with van der Waals surface area (Å²) < 4.78 is 27.6. The molecule has 2 N–H and O–H groups in total. The van der Waals surface area contributed by atoms with Gasteiger partial charge in [0.2, 0.25) is 0 Å². The lowest BCUT2D eigenvalue weighted by molar-refractivity contribution is -0.137. The van der Waals surface area contributed by atoms with Crippen LogP contribution in [0.25, 0.3) is 0 Å². The summed E-state index contributed by atoms with van der Waals surface area (Å²) in [5, 5.41) is 17.2. The van der Waals surface area contributed by atoms with E-state index in [0.29, 0.717) is 0 Å². The van der Waals surface area contributed by atoms with Crippen molar-refractivity contribution in [3.63, 3.8) is 0 Å². The molecule has 0 unspecified atom stereocenters. The molecule has 0 heterocycles. The monoisotopic (exact) mass is 308 g/mol. The first-order chi connectivity index (χ1) is 8.71. The molecule has 9 heteroatoms. The Morgan fingerprint density at radius 3 is 2.37 bits per heavy atom. The Labute approximate surface area is 112 Å². The van der Waals surface area contributed by atoms with E-state index >= 15 is 0 Å². The zero-order valence-electron chi connectivity index (χ0n) is 9.37. The van der Waals surface area contributed by atoms with E-state index in [-0.39, 0.29) is 24.3 Å². The van der Waals surface area contributed by atoms with Gasteiger partial charge >= 0.3 is 11.9 Å². The average Bonchev–Trinajstić information content (AvgIpc) is 2.27. The summed E-state index contributed by atoms with van der Waals surface area (Å²) >= 11 is 0. The van der Waals surface area contributed by atoms with E-state index in [1.807, 2.05) is 0 Å². The molecule has 104 valence electrons. The third kappa shape index (κ3) is 4.42. The molecule has 0 spiro atoms. The summed E-state index contributed by atoms with van der Waals surface area (Å²) in [6.45, 7) is -0.263. The van der Waals surface area contributed by atoms with Gasteiger partial charge in [0.05, 0.1) is 18.6 Å². The van der Waals surface area contributed by atoms with Gasteiger partial charge < -0.3 is 14.9 Å². The minimum Gasteiger partial charge on any atom is -0.492 e. The second-order valence-electron chi connectivity index (χ2n) is 3.40. The van der Waals surface area contributed by atoms with Crippen LogP contribution in [0, 0.1) is 0 Å². The molecular weight excluding hydrogens is 300 g/mol. The Hall–Kier alpha value is -1.80. The van der Waals surface area contributed by atoms with E-state index in [1.54, 1.807) is 0 Å². The van der Waals surface area contributed by atoms with E-state index in [4.69, 9.17) is 25.6 Å². The van der Waals surface area contributed by atoms with Gasteiger partial charge in [-0.3, -0.25) is 4.79 Å². The zero-order valence-corrected chi connectivity index (χ0v) is 10.9. The summed E-state index contributed by atoms with van der Waals surface area (Å²) in [5.74, 6) is -2.63.